The highest BCUT2D eigenvalue weighted by Gasteiger charge is 2.12. The molecule has 0 aliphatic carbocycles. The number of aliphatic imine (C=N–C) groups is 1. The van der Waals surface area contributed by atoms with Crippen LogP contribution in [0.1, 0.15) is 37.6 Å². The second-order valence-corrected chi connectivity index (χ2v) is 8.25. The van der Waals surface area contributed by atoms with Crippen LogP contribution in [0.5, 0.6) is 0 Å². The predicted molar refractivity (Wildman–Crippen MR) is 126 cm³/mol. The molecule has 1 aromatic carbocycles. The van der Waals surface area contributed by atoms with Crippen molar-refractivity contribution in [1.82, 2.24) is 20.0 Å². The highest BCUT2D eigenvalue weighted by atomic mass is 127. The summed E-state index contributed by atoms with van der Waals surface area (Å²) in [4.78, 5) is 9.87. The van der Waals surface area contributed by atoms with Crippen molar-refractivity contribution in [3.63, 3.8) is 0 Å². The Kier molecular flexibility index (Phi) is 7.67. The number of hydrogen-bond acceptors (Lipinski definition) is 3. The highest BCUT2D eigenvalue weighted by molar-refractivity contribution is 14.0. The summed E-state index contributed by atoms with van der Waals surface area (Å²) in [6.45, 7) is 8.22. The van der Waals surface area contributed by atoms with Crippen molar-refractivity contribution >= 4 is 46.2 Å². The minimum atomic E-state index is 0. The third kappa shape index (κ3) is 5.93. The van der Waals surface area contributed by atoms with E-state index in [2.05, 4.69) is 65.6 Å². The topological polar surface area (TPSA) is 53.7 Å². The zero-order valence-corrected chi connectivity index (χ0v) is 19.5. The molecule has 3 rings (SSSR count). The average molecular weight is 497 g/mol. The van der Waals surface area contributed by atoms with E-state index in [0.29, 0.717) is 6.54 Å². The van der Waals surface area contributed by atoms with E-state index in [1.54, 1.807) is 18.4 Å². The first-order valence-electron chi connectivity index (χ1n) is 8.91. The summed E-state index contributed by atoms with van der Waals surface area (Å²) in [7, 11) is 1.79. The van der Waals surface area contributed by atoms with Crippen LogP contribution >= 0.6 is 35.3 Å². The van der Waals surface area contributed by atoms with Gasteiger partial charge < -0.3 is 10.6 Å². The van der Waals surface area contributed by atoms with Crippen LogP contribution in [0.25, 0.3) is 4.96 Å². The number of fused-ring (bicyclic) bond motifs is 1. The molecule has 27 heavy (non-hydrogen) atoms. The van der Waals surface area contributed by atoms with Gasteiger partial charge in [-0.2, -0.15) is 0 Å². The zero-order chi connectivity index (χ0) is 18.6. The van der Waals surface area contributed by atoms with Gasteiger partial charge >= 0.3 is 0 Å². The number of guanidine groups is 1. The Morgan fingerprint density at radius 3 is 2.56 bits per heavy atom. The number of benzene rings is 1. The monoisotopic (exact) mass is 497 g/mol. The van der Waals surface area contributed by atoms with Crippen LogP contribution in [0, 0.1) is 0 Å². The van der Waals surface area contributed by atoms with Gasteiger partial charge in [0, 0.05) is 31.4 Å². The van der Waals surface area contributed by atoms with Crippen molar-refractivity contribution in [3.8, 4) is 0 Å². The van der Waals surface area contributed by atoms with Crippen LogP contribution in [-0.2, 0) is 18.4 Å². The van der Waals surface area contributed by atoms with Gasteiger partial charge in [-0.25, -0.2) is 4.98 Å². The molecule has 2 heterocycles. The normalized spacial score (nSPS) is 12.1. The minimum absolute atomic E-state index is 0. The van der Waals surface area contributed by atoms with Crippen molar-refractivity contribution in [2.75, 3.05) is 13.6 Å². The number of imidazole rings is 1. The summed E-state index contributed by atoms with van der Waals surface area (Å²) in [5.74, 6) is 0.799. The van der Waals surface area contributed by atoms with Gasteiger partial charge in [-0.1, -0.05) is 45.0 Å². The van der Waals surface area contributed by atoms with E-state index in [4.69, 9.17) is 0 Å². The average Bonchev–Trinajstić information content (AvgIpc) is 3.19. The second-order valence-electron chi connectivity index (χ2n) is 7.37. The van der Waals surface area contributed by atoms with Crippen LogP contribution < -0.4 is 10.6 Å². The van der Waals surface area contributed by atoms with E-state index < -0.39 is 0 Å². The number of nitrogens with zero attached hydrogens (tertiary/aromatic N) is 3. The standard InChI is InChI=1S/C20H27N5S.HI/c1-20(2,3)16-7-5-15(6-8-16)9-10-22-18(21-4)23-13-17-14-25-11-12-26-19(25)24-17;/h5-8,11-12,14H,9-10,13H2,1-4H3,(H2,21,22,23);1H. The van der Waals surface area contributed by atoms with Crippen LogP contribution in [0.3, 0.4) is 0 Å². The largest absolute Gasteiger partial charge is 0.356 e. The Morgan fingerprint density at radius 2 is 1.93 bits per heavy atom. The molecule has 0 amide bonds. The molecular weight excluding hydrogens is 469 g/mol. The molecule has 0 spiro atoms. The summed E-state index contributed by atoms with van der Waals surface area (Å²) in [6.07, 6.45) is 5.03. The fourth-order valence-corrected chi connectivity index (χ4v) is 3.47. The Morgan fingerprint density at radius 1 is 1.19 bits per heavy atom. The Labute approximate surface area is 182 Å². The third-order valence-corrected chi connectivity index (χ3v) is 5.10. The highest BCUT2D eigenvalue weighted by Crippen LogP contribution is 2.22. The quantitative estimate of drug-likeness (QED) is 0.316. The van der Waals surface area contributed by atoms with Crippen LogP contribution in [0.15, 0.2) is 47.0 Å². The van der Waals surface area contributed by atoms with Crippen molar-refractivity contribution < 1.29 is 0 Å². The number of nitrogens with one attached hydrogen (secondary N) is 2. The van der Waals surface area contributed by atoms with Gasteiger partial charge in [0.25, 0.3) is 0 Å². The fourth-order valence-electron chi connectivity index (χ4n) is 2.75. The Bertz CT molecular complexity index is 845. The number of halogens is 1. The lowest BCUT2D eigenvalue weighted by atomic mass is 9.86. The molecule has 0 radical (unpaired) electrons. The Balaban J connectivity index is 0.00000261. The summed E-state index contributed by atoms with van der Waals surface area (Å²) in [5, 5.41) is 8.72. The molecule has 5 nitrogen and oxygen atoms in total. The SMILES string of the molecule is CN=C(NCCc1ccc(C(C)(C)C)cc1)NCc1cn2ccsc2n1.I. The second kappa shape index (κ2) is 9.54. The van der Waals surface area contributed by atoms with Gasteiger partial charge in [0.2, 0.25) is 0 Å². The first-order chi connectivity index (χ1) is 12.5. The van der Waals surface area contributed by atoms with Gasteiger partial charge in [-0.15, -0.1) is 35.3 Å². The van der Waals surface area contributed by atoms with E-state index >= 15 is 0 Å². The molecule has 0 aliphatic heterocycles. The molecule has 0 saturated carbocycles. The molecule has 0 atom stereocenters. The molecule has 0 saturated heterocycles. The van der Waals surface area contributed by atoms with E-state index in [9.17, 15) is 0 Å². The molecule has 0 bridgehead atoms. The molecule has 146 valence electrons. The first kappa shape index (κ1) is 21.7. The zero-order valence-electron chi connectivity index (χ0n) is 16.3. The first-order valence-corrected chi connectivity index (χ1v) is 9.79. The molecule has 2 aromatic heterocycles. The van der Waals surface area contributed by atoms with Crippen molar-refractivity contribution in [2.24, 2.45) is 4.99 Å². The molecule has 0 unspecified atom stereocenters. The molecule has 0 fully saturated rings. The molecule has 3 aromatic rings. The minimum Gasteiger partial charge on any atom is -0.356 e. The van der Waals surface area contributed by atoms with E-state index in [0.717, 1.165) is 29.6 Å². The molecule has 0 aliphatic rings. The van der Waals surface area contributed by atoms with Gasteiger partial charge in [0.1, 0.15) is 0 Å². The number of hydrogen-bond donors (Lipinski definition) is 2. The lowest BCUT2D eigenvalue weighted by molar-refractivity contribution is 0.590. The summed E-state index contributed by atoms with van der Waals surface area (Å²) < 4.78 is 2.04. The number of rotatable bonds is 5. The van der Waals surface area contributed by atoms with Gasteiger partial charge in [0.05, 0.1) is 12.2 Å². The van der Waals surface area contributed by atoms with Gasteiger partial charge in [-0.05, 0) is 23.0 Å². The summed E-state index contributed by atoms with van der Waals surface area (Å²) >= 11 is 1.64. The fraction of sp³-hybridized carbons (Fsp3) is 0.400. The maximum Gasteiger partial charge on any atom is 0.193 e. The predicted octanol–water partition coefficient (Wildman–Crippen LogP) is 4.22. The van der Waals surface area contributed by atoms with Crippen LogP contribution in [-0.4, -0.2) is 28.9 Å². The van der Waals surface area contributed by atoms with Crippen LogP contribution in [0.2, 0.25) is 0 Å². The van der Waals surface area contributed by atoms with Crippen LogP contribution in [0.4, 0.5) is 0 Å². The summed E-state index contributed by atoms with van der Waals surface area (Å²) in [6, 6.07) is 8.90. The molecule has 2 N–H and O–H groups in total. The lowest BCUT2D eigenvalue weighted by Crippen LogP contribution is -2.37. The molecule has 7 heteroatoms. The number of aromatic nitrogens is 2. The maximum absolute atomic E-state index is 4.57. The van der Waals surface area contributed by atoms with Gasteiger partial charge in [-0.3, -0.25) is 9.39 Å². The molecular formula is C20H28IN5S. The Hall–Kier alpha value is -1.61. The van der Waals surface area contributed by atoms with Crippen molar-refractivity contribution in [1.29, 1.82) is 0 Å². The van der Waals surface area contributed by atoms with E-state index in [-0.39, 0.29) is 29.4 Å². The lowest BCUT2D eigenvalue weighted by Gasteiger charge is -2.19. The van der Waals surface area contributed by atoms with E-state index in [1.807, 2.05) is 22.2 Å². The summed E-state index contributed by atoms with van der Waals surface area (Å²) in [5.41, 5.74) is 3.91. The smallest absolute Gasteiger partial charge is 0.193 e. The van der Waals surface area contributed by atoms with Crippen molar-refractivity contribution in [3.05, 3.63) is 58.9 Å². The third-order valence-electron chi connectivity index (χ3n) is 4.33. The number of thiazole rings is 1. The van der Waals surface area contributed by atoms with E-state index in [1.165, 1.54) is 11.1 Å². The maximum atomic E-state index is 4.57. The van der Waals surface area contributed by atoms with Gasteiger partial charge in [0.15, 0.2) is 10.9 Å². The van der Waals surface area contributed by atoms with Crippen molar-refractivity contribution in [2.45, 2.75) is 39.2 Å².